The zero-order valence-corrected chi connectivity index (χ0v) is 13.1. The van der Waals surface area contributed by atoms with Crippen LogP contribution in [0.1, 0.15) is 53.9 Å². The van der Waals surface area contributed by atoms with E-state index in [1.165, 1.54) is 12.8 Å². The molecule has 4 heteroatoms. The van der Waals surface area contributed by atoms with Crippen molar-refractivity contribution in [2.75, 3.05) is 0 Å². The Balaban J connectivity index is 0.00000289. The number of hydrogen-bond acceptors (Lipinski definition) is 2. The van der Waals surface area contributed by atoms with Crippen LogP contribution in [0.4, 0.5) is 0 Å². The summed E-state index contributed by atoms with van der Waals surface area (Å²) in [5.41, 5.74) is 6.18. The third kappa shape index (κ3) is 4.77. The lowest BCUT2D eigenvalue weighted by Gasteiger charge is -2.40. The summed E-state index contributed by atoms with van der Waals surface area (Å²) in [6.07, 6.45) is 3.46. The Kier molecular flexibility index (Phi) is 6.66. The van der Waals surface area contributed by atoms with Crippen molar-refractivity contribution in [3.8, 4) is 0 Å². The fourth-order valence-electron chi connectivity index (χ4n) is 2.71. The Morgan fingerprint density at radius 3 is 2.39 bits per heavy atom. The van der Waals surface area contributed by atoms with Crippen LogP contribution in [0.3, 0.4) is 0 Å². The number of rotatable bonds is 3. The second-order valence-electron chi connectivity index (χ2n) is 6.65. The fourth-order valence-corrected chi connectivity index (χ4v) is 2.71. The molecule has 1 fully saturated rings. The highest BCUT2D eigenvalue weighted by Gasteiger charge is 2.33. The summed E-state index contributed by atoms with van der Waals surface area (Å²) in [7, 11) is 0. The molecule has 0 aliphatic heterocycles. The molecule has 4 unspecified atom stereocenters. The summed E-state index contributed by atoms with van der Waals surface area (Å²) in [5.74, 6) is 0.566. The molecule has 1 saturated carbocycles. The lowest BCUT2D eigenvalue weighted by atomic mass is 9.70. The quantitative estimate of drug-likeness (QED) is 0.833. The molecule has 1 aliphatic rings. The molecule has 108 valence electrons. The minimum atomic E-state index is -0.0999. The fraction of sp³-hybridized carbons (Fsp3) is 0.929. The molecular formula is C14H29ClN2O. The molecule has 0 spiro atoms. The summed E-state index contributed by atoms with van der Waals surface area (Å²) < 4.78 is 0. The van der Waals surface area contributed by atoms with E-state index >= 15 is 0 Å². The Morgan fingerprint density at radius 1 is 1.39 bits per heavy atom. The first-order valence-electron chi connectivity index (χ1n) is 6.79. The van der Waals surface area contributed by atoms with Crippen molar-refractivity contribution in [3.05, 3.63) is 0 Å². The molecule has 3 nitrogen and oxygen atoms in total. The van der Waals surface area contributed by atoms with Crippen molar-refractivity contribution < 1.29 is 4.79 Å². The number of carbonyl (C=O) groups excluding carboxylic acids is 1. The van der Waals surface area contributed by atoms with Gasteiger partial charge >= 0.3 is 0 Å². The van der Waals surface area contributed by atoms with Gasteiger partial charge in [0, 0.05) is 18.0 Å². The van der Waals surface area contributed by atoms with Gasteiger partial charge in [-0.15, -0.1) is 12.4 Å². The van der Waals surface area contributed by atoms with Gasteiger partial charge in [0.25, 0.3) is 0 Å². The third-order valence-corrected chi connectivity index (χ3v) is 4.22. The minimum Gasteiger partial charge on any atom is -0.353 e. The van der Waals surface area contributed by atoms with Crippen LogP contribution in [0.25, 0.3) is 0 Å². The zero-order chi connectivity index (χ0) is 13.2. The van der Waals surface area contributed by atoms with E-state index in [9.17, 15) is 4.79 Å². The van der Waals surface area contributed by atoms with E-state index < -0.39 is 0 Å². The molecule has 0 aromatic heterocycles. The first kappa shape index (κ1) is 17.7. The summed E-state index contributed by atoms with van der Waals surface area (Å²) in [6.45, 7) is 10.6. The van der Waals surface area contributed by atoms with Gasteiger partial charge < -0.3 is 11.1 Å². The van der Waals surface area contributed by atoms with E-state index in [0.29, 0.717) is 17.4 Å². The average Bonchev–Trinajstić information content (AvgIpc) is 2.20. The maximum atomic E-state index is 12.0. The van der Waals surface area contributed by atoms with Gasteiger partial charge in [-0.2, -0.15) is 0 Å². The summed E-state index contributed by atoms with van der Waals surface area (Å²) in [6, 6.07) is 0.252. The van der Waals surface area contributed by atoms with Crippen molar-refractivity contribution in [2.45, 2.75) is 66.0 Å². The van der Waals surface area contributed by atoms with Crippen LogP contribution in [0.15, 0.2) is 0 Å². The van der Waals surface area contributed by atoms with Gasteiger partial charge in [-0.25, -0.2) is 0 Å². The number of nitrogens with one attached hydrogen (secondary N) is 1. The summed E-state index contributed by atoms with van der Waals surface area (Å²) in [5, 5.41) is 3.17. The monoisotopic (exact) mass is 276 g/mol. The number of halogens is 1. The Bertz CT molecular complexity index is 279. The first-order chi connectivity index (χ1) is 7.73. The average molecular weight is 277 g/mol. The van der Waals surface area contributed by atoms with Crippen molar-refractivity contribution in [1.29, 1.82) is 0 Å². The van der Waals surface area contributed by atoms with Gasteiger partial charge in [0.1, 0.15) is 0 Å². The maximum Gasteiger partial charge on any atom is 0.224 e. The highest BCUT2D eigenvalue weighted by Crippen LogP contribution is 2.38. The molecule has 18 heavy (non-hydrogen) atoms. The van der Waals surface area contributed by atoms with Crippen LogP contribution >= 0.6 is 12.4 Å². The molecule has 0 aromatic rings. The number of nitrogens with two attached hydrogens (primary N) is 1. The van der Waals surface area contributed by atoms with Crippen LogP contribution in [0, 0.1) is 17.3 Å². The second-order valence-corrected chi connectivity index (χ2v) is 6.65. The van der Waals surface area contributed by atoms with Crippen LogP contribution in [0.2, 0.25) is 0 Å². The molecule has 0 bridgehead atoms. The highest BCUT2D eigenvalue weighted by atomic mass is 35.5. The van der Waals surface area contributed by atoms with E-state index in [4.69, 9.17) is 5.73 Å². The van der Waals surface area contributed by atoms with Gasteiger partial charge in [0.05, 0.1) is 0 Å². The number of carbonyl (C=O) groups is 1. The Hall–Kier alpha value is -0.280. The third-order valence-electron chi connectivity index (χ3n) is 4.22. The van der Waals surface area contributed by atoms with Crippen LogP contribution < -0.4 is 11.1 Å². The Labute approximate surface area is 118 Å². The molecule has 0 radical (unpaired) electrons. The number of hydrogen-bond donors (Lipinski definition) is 2. The van der Waals surface area contributed by atoms with E-state index in [1.807, 2.05) is 13.8 Å². The lowest BCUT2D eigenvalue weighted by molar-refractivity contribution is -0.126. The predicted molar refractivity (Wildman–Crippen MR) is 78.8 cm³/mol. The molecule has 1 aliphatic carbocycles. The van der Waals surface area contributed by atoms with Gasteiger partial charge in [-0.3, -0.25) is 4.79 Å². The molecular weight excluding hydrogens is 248 g/mol. The van der Waals surface area contributed by atoms with Crippen molar-refractivity contribution in [1.82, 2.24) is 5.32 Å². The highest BCUT2D eigenvalue weighted by molar-refractivity contribution is 5.85. The van der Waals surface area contributed by atoms with Gasteiger partial charge in [-0.05, 0) is 37.5 Å². The first-order valence-corrected chi connectivity index (χ1v) is 6.79. The molecule has 0 aromatic carbocycles. The predicted octanol–water partition coefficient (Wildman–Crippen LogP) is 2.72. The van der Waals surface area contributed by atoms with E-state index in [-0.39, 0.29) is 30.3 Å². The van der Waals surface area contributed by atoms with Gasteiger partial charge in [0.15, 0.2) is 0 Å². The van der Waals surface area contributed by atoms with Gasteiger partial charge in [0.2, 0.25) is 5.91 Å². The topological polar surface area (TPSA) is 55.1 Å². The smallest absolute Gasteiger partial charge is 0.224 e. The number of amides is 1. The maximum absolute atomic E-state index is 12.0. The normalized spacial score (nSPS) is 29.9. The minimum absolute atomic E-state index is 0. The molecule has 1 amide bonds. The SMILES string of the molecule is CC(N)C(C)C(=O)NC1CCC(C)(C)CC1C.Cl. The van der Waals surface area contributed by atoms with E-state index in [1.54, 1.807) is 0 Å². The van der Waals surface area contributed by atoms with Crippen molar-refractivity contribution in [2.24, 2.45) is 23.0 Å². The second kappa shape index (κ2) is 6.76. The largest absolute Gasteiger partial charge is 0.353 e. The van der Waals surface area contributed by atoms with Crippen LogP contribution in [-0.2, 0) is 4.79 Å². The molecule has 4 atom stereocenters. The van der Waals surface area contributed by atoms with Crippen molar-refractivity contribution >= 4 is 18.3 Å². The summed E-state index contributed by atoms with van der Waals surface area (Å²) >= 11 is 0. The molecule has 1 rings (SSSR count). The van der Waals surface area contributed by atoms with E-state index in [0.717, 1.165) is 6.42 Å². The van der Waals surface area contributed by atoms with E-state index in [2.05, 4.69) is 26.1 Å². The standard InChI is InChI=1S/C14H28N2O.ClH/c1-9-8-14(4,5)7-6-12(9)16-13(17)10(2)11(3)15;/h9-12H,6-8,15H2,1-5H3,(H,16,17);1H. The molecule has 0 heterocycles. The molecule has 0 saturated heterocycles. The van der Waals surface area contributed by atoms with Gasteiger partial charge in [-0.1, -0.05) is 27.7 Å². The van der Waals surface area contributed by atoms with Crippen molar-refractivity contribution in [3.63, 3.8) is 0 Å². The van der Waals surface area contributed by atoms with Crippen LogP contribution in [-0.4, -0.2) is 18.0 Å². The van der Waals surface area contributed by atoms with Crippen LogP contribution in [0.5, 0.6) is 0 Å². The molecule has 3 N–H and O–H groups in total. The Morgan fingerprint density at radius 2 is 1.94 bits per heavy atom. The summed E-state index contributed by atoms with van der Waals surface area (Å²) in [4.78, 5) is 12.0. The lowest BCUT2D eigenvalue weighted by Crippen LogP contribution is -2.48. The zero-order valence-electron chi connectivity index (χ0n) is 12.3.